The van der Waals surface area contributed by atoms with E-state index in [0.717, 1.165) is 11.1 Å². The van der Waals surface area contributed by atoms with Gasteiger partial charge in [-0.3, -0.25) is 4.79 Å². The van der Waals surface area contributed by atoms with Gasteiger partial charge in [0.1, 0.15) is 6.07 Å². The lowest BCUT2D eigenvalue weighted by molar-refractivity contribution is -0.131. The maximum atomic E-state index is 11.1. The van der Waals surface area contributed by atoms with Crippen molar-refractivity contribution in [2.75, 3.05) is 0 Å². The maximum absolute atomic E-state index is 11.1. The predicted octanol–water partition coefficient (Wildman–Crippen LogP) is 4.49. The predicted molar refractivity (Wildman–Crippen MR) is 84.4 cm³/mol. The maximum Gasteiger partial charge on any atom is 0.308 e. The molecule has 0 heterocycles. The largest absolute Gasteiger partial charge is 0.424 e. The van der Waals surface area contributed by atoms with Crippen LogP contribution in [0.1, 0.15) is 23.6 Å². The molecule has 0 spiro atoms. The van der Waals surface area contributed by atoms with Crippen LogP contribution in [-0.4, -0.2) is 5.97 Å². The van der Waals surface area contributed by atoms with E-state index in [0.29, 0.717) is 21.5 Å². The Hall–Kier alpha value is -1.83. The van der Waals surface area contributed by atoms with Crippen molar-refractivity contribution < 1.29 is 9.53 Å². The second-order valence-electron chi connectivity index (χ2n) is 4.46. The van der Waals surface area contributed by atoms with Gasteiger partial charge in [0.25, 0.3) is 0 Å². The van der Waals surface area contributed by atoms with Crippen LogP contribution in [-0.2, 0) is 11.2 Å². The molecule has 106 valence electrons. The number of benzene rings is 2. The normalized spacial score (nSPS) is 10.0. The summed E-state index contributed by atoms with van der Waals surface area (Å²) in [5, 5.41) is 9.89. The lowest BCUT2D eigenvalue weighted by Crippen LogP contribution is -2.04. The lowest BCUT2D eigenvalue weighted by atomic mass is 10.0. The number of carbonyl (C=O) groups is 1. The first-order valence-electron chi connectivity index (χ1n) is 6.15. The lowest BCUT2D eigenvalue weighted by Gasteiger charge is -2.09. The van der Waals surface area contributed by atoms with E-state index in [-0.39, 0.29) is 5.75 Å². The number of rotatable bonds is 3. The molecule has 0 fully saturated rings. The van der Waals surface area contributed by atoms with Crippen molar-refractivity contribution in [1.29, 1.82) is 5.26 Å². The highest BCUT2D eigenvalue weighted by molar-refractivity contribution is 9.10. The molecular formula is C16H11BrClNO2. The van der Waals surface area contributed by atoms with E-state index in [9.17, 15) is 10.1 Å². The monoisotopic (exact) mass is 363 g/mol. The Kier molecular flexibility index (Phi) is 5.00. The molecule has 2 aromatic rings. The van der Waals surface area contributed by atoms with Crippen LogP contribution >= 0.6 is 27.5 Å². The van der Waals surface area contributed by atoms with Crippen molar-refractivity contribution in [1.82, 2.24) is 0 Å². The number of ether oxygens (including phenoxy) is 1. The van der Waals surface area contributed by atoms with E-state index >= 15 is 0 Å². The highest BCUT2D eigenvalue weighted by Gasteiger charge is 2.13. The van der Waals surface area contributed by atoms with Gasteiger partial charge < -0.3 is 4.74 Å². The summed E-state index contributed by atoms with van der Waals surface area (Å²) < 4.78 is 5.65. The zero-order valence-corrected chi connectivity index (χ0v) is 13.5. The SMILES string of the molecule is CC(=O)Oc1c(Br)cc(Cc2ccc(Cl)cc2)cc1C#N. The standard InChI is InChI=1S/C16H11BrClNO2/c1-10(20)21-16-13(9-19)7-12(8-15(16)17)6-11-2-4-14(18)5-3-11/h2-5,7-8H,6H2,1H3. The first-order valence-corrected chi connectivity index (χ1v) is 7.32. The molecule has 0 unspecified atom stereocenters. The van der Waals surface area contributed by atoms with Gasteiger partial charge in [-0.15, -0.1) is 0 Å². The summed E-state index contributed by atoms with van der Waals surface area (Å²) in [6.45, 7) is 1.30. The number of nitrogens with zero attached hydrogens (tertiary/aromatic N) is 1. The Balaban J connectivity index is 2.34. The number of esters is 1. The number of halogens is 2. The molecule has 0 atom stereocenters. The molecule has 0 saturated carbocycles. The van der Waals surface area contributed by atoms with Gasteiger partial charge in [0.2, 0.25) is 0 Å². The molecule has 0 saturated heterocycles. The van der Waals surface area contributed by atoms with Crippen molar-refractivity contribution in [3.05, 3.63) is 62.6 Å². The minimum Gasteiger partial charge on any atom is -0.424 e. The molecule has 0 aromatic heterocycles. The molecule has 21 heavy (non-hydrogen) atoms. The summed E-state index contributed by atoms with van der Waals surface area (Å²) in [5.41, 5.74) is 2.34. The van der Waals surface area contributed by atoms with E-state index in [1.54, 1.807) is 6.07 Å². The van der Waals surface area contributed by atoms with Crippen molar-refractivity contribution in [2.45, 2.75) is 13.3 Å². The number of hydrogen-bond donors (Lipinski definition) is 0. The molecule has 0 aliphatic heterocycles. The fraction of sp³-hybridized carbons (Fsp3) is 0.125. The molecule has 0 aliphatic carbocycles. The summed E-state index contributed by atoms with van der Waals surface area (Å²) in [5.74, 6) is -0.206. The topological polar surface area (TPSA) is 50.1 Å². The smallest absolute Gasteiger partial charge is 0.308 e. The van der Waals surface area contributed by atoms with E-state index in [1.807, 2.05) is 36.4 Å². The highest BCUT2D eigenvalue weighted by Crippen LogP contribution is 2.31. The number of hydrogen-bond acceptors (Lipinski definition) is 3. The molecule has 3 nitrogen and oxygen atoms in total. The van der Waals surface area contributed by atoms with E-state index in [2.05, 4.69) is 15.9 Å². The van der Waals surface area contributed by atoms with E-state index in [1.165, 1.54) is 6.92 Å². The van der Waals surface area contributed by atoms with Gasteiger partial charge in [-0.1, -0.05) is 23.7 Å². The molecule has 0 amide bonds. The third kappa shape index (κ3) is 4.07. The van der Waals surface area contributed by atoms with Gasteiger partial charge in [-0.25, -0.2) is 0 Å². The molecule has 0 aliphatic rings. The van der Waals surface area contributed by atoms with Crippen LogP contribution in [0.4, 0.5) is 0 Å². The quantitative estimate of drug-likeness (QED) is 0.595. The zero-order valence-electron chi connectivity index (χ0n) is 11.2. The molecule has 2 aromatic carbocycles. The minimum absolute atomic E-state index is 0.254. The average molecular weight is 365 g/mol. The van der Waals surface area contributed by atoms with Crippen LogP contribution in [0.5, 0.6) is 5.75 Å². The first-order chi connectivity index (χ1) is 9.99. The zero-order chi connectivity index (χ0) is 15.4. The van der Waals surface area contributed by atoms with Crippen LogP contribution in [0.25, 0.3) is 0 Å². The van der Waals surface area contributed by atoms with Gasteiger partial charge >= 0.3 is 5.97 Å². The Morgan fingerprint density at radius 2 is 1.95 bits per heavy atom. The molecular weight excluding hydrogens is 354 g/mol. The van der Waals surface area contributed by atoms with Crippen LogP contribution in [0.15, 0.2) is 40.9 Å². The van der Waals surface area contributed by atoms with Crippen LogP contribution in [0.3, 0.4) is 0 Å². The van der Waals surface area contributed by atoms with Crippen molar-refractivity contribution in [3.8, 4) is 11.8 Å². The fourth-order valence-corrected chi connectivity index (χ4v) is 2.63. The average Bonchev–Trinajstić information content (AvgIpc) is 2.43. The third-order valence-electron chi connectivity index (χ3n) is 2.79. The van der Waals surface area contributed by atoms with Gasteiger partial charge in [0, 0.05) is 11.9 Å². The Bertz CT molecular complexity index is 720. The second kappa shape index (κ2) is 6.75. The Labute approximate surface area is 136 Å². The summed E-state index contributed by atoms with van der Waals surface area (Å²) in [4.78, 5) is 11.1. The van der Waals surface area contributed by atoms with Crippen molar-refractivity contribution in [2.24, 2.45) is 0 Å². The molecule has 0 bridgehead atoms. The molecule has 2 rings (SSSR count). The van der Waals surface area contributed by atoms with Gasteiger partial charge in [-0.05, 0) is 57.7 Å². The highest BCUT2D eigenvalue weighted by atomic mass is 79.9. The van der Waals surface area contributed by atoms with Crippen molar-refractivity contribution >= 4 is 33.5 Å². The Morgan fingerprint density at radius 3 is 2.52 bits per heavy atom. The van der Waals surface area contributed by atoms with Crippen LogP contribution in [0.2, 0.25) is 5.02 Å². The summed E-state index contributed by atoms with van der Waals surface area (Å²) in [7, 11) is 0. The summed E-state index contributed by atoms with van der Waals surface area (Å²) in [6.07, 6.45) is 0.658. The number of carbonyl (C=O) groups excluding carboxylic acids is 1. The third-order valence-corrected chi connectivity index (χ3v) is 3.63. The summed E-state index contributed by atoms with van der Waals surface area (Å²) >= 11 is 9.20. The van der Waals surface area contributed by atoms with Gasteiger partial charge in [0.15, 0.2) is 5.75 Å². The molecule has 0 radical (unpaired) electrons. The van der Waals surface area contributed by atoms with Crippen LogP contribution in [0, 0.1) is 11.3 Å². The van der Waals surface area contributed by atoms with Crippen LogP contribution < -0.4 is 4.74 Å². The van der Waals surface area contributed by atoms with Gasteiger partial charge in [-0.2, -0.15) is 5.26 Å². The Morgan fingerprint density at radius 1 is 1.29 bits per heavy atom. The summed E-state index contributed by atoms with van der Waals surface area (Å²) in [6, 6.07) is 13.1. The van der Waals surface area contributed by atoms with Crippen molar-refractivity contribution in [3.63, 3.8) is 0 Å². The molecule has 0 N–H and O–H groups in total. The van der Waals surface area contributed by atoms with E-state index < -0.39 is 5.97 Å². The molecule has 5 heteroatoms. The first kappa shape index (κ1) is 15.6. The number of nitriles is 1. The van der Waals surface area contributed by atoms with Gasteiger partial charge in [0.05, 0.1) is 10.0 Å². The fourth-order valence-electron chi connectivity index (χ4n) is 1.92. The minimum atomic E-state index is -0.461. The van der Waals surface area contributed by atoms with E-state index in [4.69, 9.17) is 16.3 Å². The second-order valence-corrected chi connectivity index (χ2v) is 5.75.